The van der Waals surface area contributed by atoms with Crippen molar-refractivity contribution < 1.29 is 14.1 Å². The SMILES string of the molecule is O=NC(=O)c1ccc([N+](=O)[O-])cc1F. The number of amides is 1. The van der Waals surface area contributed by atoms with E-state index in [0.717, 1.165) is 12.1 Å². The number of hydrogen-bond acceptors (Lipinski definition) is 4. The van der Waals surface area contributed by atoms with Crippen molar-refractivity contribution in [3.8, 4) is 0 Å². The first-order valence-electron chi connectivity index (χ1n) is 3.38. The third kappa shape index (κ3) is 1.76. The molecule has 0 aliphatic rings. The molecule has 0 unspecified atom stereocenters. The molecular formula is C7H3FN2O4. The third-order valence-electron chi connectivity index (χ3n) is 1.48. The van der Waals surface area contributed by atoms with Gasteiger partial charge in [-0.25, -0.2) is 4.39 Å². The number of benzene rings is 1. The average molecular weight is 198 g/mol. The van der Waals surface area contributed by atoms with Gasteiger partial charge in [-0.2, -0.15) is 0 Å². The maximum absolute atomic E-state index is 12.9. The number of nitro benzene ring substituents is 1. The van der Waals surface area contributed by atoms with Gasteiger partial charge >= 0.3 is 5.91 Å². The summed E-state index contributed by atoms with van der Waals surface area (Å²) in [6.45, 7) is 0. The summed E-state index contributed by atoms with van der Waals surface area (Å²) in [5.41, 5.74) is -1.07. The fourth-order valence-electron chi connectivity index (χ4n) is 0.840. The minimum absolute atomic E-state index is 0.495. The highest BCUT2D eigenvalue weighted by atomic mass is 19.1. The molecule has 6 nitrogen and oxygen atoms in total. The summed E-state index contributed by atoms with van der Waals surface area (Å²) < 4.78 is 12.9. The van der Waals surface area contributed by atoms with E-state index in [-0.39, 0.29) is 0 Å². The van der Waals surface area contributed by atoms with Crippen molar-refractivity contribution in [3.05, 3.63) is 44.6 Å². The Morgan fingerprint density at radius 1 is 1.50 bits per heavy atom. The number of halogens is 1. The van der Waals surface area contributed by atoms with Crippen LogP contribution >= 0.6 is 0 Å². The van der Waals surface area contributed by atoms with Gasteiger partial charge in [0.15, 0.2) is 0 Å². The standard InChI is InChI=1S/C7H3FN2O4/c8-6-3-4(10(13)14)1-2-5(6)7(11)9-12/h1-3H. The van der Waals surface area contributed by atoms with E-state index < -0.39 is 27.9 Å². The van der Waals surface area contributed by atoms with Gasteiger partial charge in [0, 0.05) is 11.2 Å². The summed E-state index contributed by atoms with van der Waals surface area (Å²) >= 11 is 0. The zero-order valence-electron chi connectivity index (χ0n) is 6.64. The molecule has 0 aromatic heterocycles. The highest BCUT2D eigenvalue weighted by Gasteiger charge is 2.16. The van der Waals surface area contributed by atoms with Crippen LogP contribution < -0.4 is 0 Å². The number of carbonyl (C=O) groups excluding carboxylic acids is 1. The van der Waals surface area contributed by atoms with E-state index in [1.54, 1.807) is 0 Å². The summed E-state index contributed by atoms with van der Waals surface area (Å²) in [6, 6.07) is 2.32. The average Bonchev–Trinajstić information content (AvgIpc) is 2.16. The molecule has 0 heterocycles. The van der Waals surface area contributed by atoms with Crippen LogP contribution in [0.4, 0.5) is 10.1 Å². The Kier molecular flexibility index (Phi) is 2.61. The van der Waals surface area contributed by atoms with Gasteiger partial charge in [-0.1, -0.05) is 0 Å². The zero-order chi connectivity index (χ0) is 10.7. The number of non-ortho nitro benzene ring substituents is 1. The topological polar surface area (TPSA) is 89.6 Å². The van der Waals surface area contributed by atoms with Gasteiger partial charge in [0.25, 0.3) is 5.69 Å². The summed E-state index contributed by atoms with van der Waals surface area (Å²) in [5.74, 6) is -2.43. The van der Waals surface area contributed by atoms with E-state index >= 15 is 0 Å². The summed E-state index contributed by atoms with van der Waals surface area (Å²) in [4.78, 5) is 29.8. The Morgan fingerprint density at radius 3 is 2.57 bits per heavy atom. The minimum Gasteiger partial charge on any atom is -0.263 e. The quantitative estimate of drug-likeness (QED) is 0.410. The predicted octanol–water partition coefficient (Wildman–Crippen LogP) is 1.64. The Hall–Kier alpha value is -2.18. The van der Waals surface area contributed by atoms with Gasteiger partial charge in [-0.15, -0.1) is 4.91 Å². The number of hydrogen-bond donors (Lipinski definition) is 0. The Balaban J connectivity index is 3.20. The van der Waals surface area contributed by atoms with Crippen molar-refractivity contribution in [2.75, 3.05) is 0 Å². The van der Waals surface area contributed by atoms with Crippen LogP contribution in [-0.2, 0) is 0 Å². The Bertz CT molecular complexity index is 418. The van der Waals surface area contributed by atoms with Gasteiger partial charge in [0.2, 0.25) is 0 Å². The largest absolute Gasteiger partial charge is 0.319 e. The lowest BCUT2D eigenvalue weighted by Crippen LogP contribution is -1.99. The molecule has 0 N–H and O–H groups in total. The predicted molar refractivity (Wildman–Crippen MR) is 43.2 cm³/mol. The second-order valence-corrected chi connectivity index (χ2v) is 2.32. The number of nitrogens with zero attached hydrogens (tertiary/aromatic N) is 2. The lowest BCUT2D eigenvalue weighted by Gasteiger charge is -1.95. The highest BCUT2D eigenvalue weighted by molar-refractivity contribution is 5.95. The van der Waals surface area contributed by atoms with E-state index in [2.05, 4.69) is 0 Å². The minimum atomic E-state index is -1.29. The zero-order valence-corrected chi connectivity index (χ0v) is 6.64. The van der Waals surface area contributed by atoms with Gasteiger partial charge < -0.3 is 0 Å². The molecule has 0 saturated carbocycles. The molecule has 7 heteroatoms. The highest BCUT2D eigenvalue weighted by Crippen LogP contribution is 2.16. The molecule has 0 atom stereocenters. The Labute approximate surface area is 76.5 Å². The summed E-state index contributed by atoms with van der Waals surface area (Å²) in [7, 11) is 0. The molecule has 1 aromatic carbocycles. The molecular weight excluding hydrogens is 195 g/mol. The lowest BCUT2D eigenvalue weighted by atomic mass is 10.2. The molecule has 72 valence electrons. The fourth-order valence-corrected chi connectivity index (χ4v) is 0.840. The van der Waals surface area contributed by atoms with Crippen LogP contribution in [0.25, 0.3) is 0 Å². The van der Waals surface area contributed by atoms with Crippen LogP contribution in [-0.4, -0.2) is 10.8 Å². The van der Waals surface area contributed by atoms with Crippen molar-refractivity contribution in [1.29, 1.82) is 0 Å². The van der Waals surface area contributed by atoms with Gasteiger partial charge in [-0.05, 0) is 6.07 Å². The van der Waals surface area contributed by atoms with Crippen LogP contribution in [0, 0.1) is 20.8 Å². The van der Waals surface area contributed by atoms with Crippen molar-refractivity contribution >= 4 is 11.6 Å². The molecule has 0 fully saturated rings. The lowest BCUT2D eigenvalue weighted by molar-refractivity contribution is -0.385. The molecule has 0 radical (unpaired) electrons. The van der Waals surface area contributed by atoms with E-state index in [4.69, 9.17) is 0 Å². The molecule has 0 aliphatic carbocycles. The van der Waals surface area contributed by atoms with Gasteiger partial charge in [0.05, 0.1) is 16.6 Å². The molecule has 0 aliphatic heterocycles. The molecule has 0 bridgehead atoms. The fraction of sp³-hybridized carbons (Fsp3) is 0. The second kappa shape index (κ2) is 3.69. The van der Waals surface area contributed by atoms with Gasteiger partial charge in [0.1, 0.15) is 5.82 Å². The first-order valence-corrected chi connectivity index (χ1v) is 3.38. The van der Waals surface area contributed by atoms with Crippen molar-refractivity contribution in [2.24, 2.45) is 5.18 Å². The maximum Gasteiger partial charge on any atom is 0.319 e. The van der Waals surface area contributed by atoms with Crippen LogP contribution in [0.3, 0.4) is 0 Å². The van der Waals surface area contributed by atoms with E-state index in [1.165, 1.54) is 0 Å². The normalized spacial score (nSPS) is 9.50. The first-order chi connectivity index (χ1) is 6.56. The number of nitro groups is 1. The summed E-state index contributed by atoms with van der Waals surface area (Å²) in [6.07, 6.45) is 0. The van der Waals surface area contributed by atoms with Gasteiger partial charge in [-0.3, -0.25) is 14.9 Å². The molecule has 1 aromatic rings. The molecule has 1 amide bonds. The van der Waals surface area contributed by atoms with Crippen LogP contribution in [0.2, 0.25) is 0 Å². The third-order valence-corrected chi connectivity index (χ3v) is 1.48. The number of carbonyl (C=O) groups is 1. The number of nitroso groups, excluding NO2 is 1. The van der Waals surface area contributed by atoms with Crippen LogP contribution in [0.15, 0.2) is 23.4 Å². The Morgan fingerprint density at radius 2 is 2.14 bits per heavy atom. The first kappa shape index (κ1) is 9.90. The smallest absolute Gasteiger partial charge is 0.263 e. The van der Waals surface area contributed by atoms with E-state index in [0.29, 0.717) is 6.07 Å². The summed E-state index contributed by atoms with van der Waals surface area (Å²) in [5, 5.41) is 12.2. The molecule has 1 rings (SSSR count). The van der Waals surface area contributed by atoms with E-state index in [9.17, 15) is 24.2 Å². The molecule has 0 spiro atoms. The van der Waals surface area contributed by atoms with Crippen molar-refractivity contribution in [2.45, 2.75) is 0 Å². The monoisotopic (exact) mass is 198 g/mol. The maximum atomic E-state index is 12.9. The van der Waals surface area contributed by atoms with Crippen molar-refractivity contribution in [3.63, 3.8) is 0 Å². The van der Waals surface area contributed by atoms with Crippen LogP contribution in [0.5, 0.6) is 0 Å². The van der Waals surface area contributed by atoms with E-state index in [1.807, 2.05) is 5.18 Å². The molecule has 14 heavy (non-hydrogen) atoms. The second-order valence-electron chi connectivity index (χ2n) is 2.32. The van der Waals surface area contributed by atoms with Crippen LogP contribution in [0.1, 0.15) is 10.4 Å². The van der Waals surface area contributed by atoms with Crippen molar-refractivity contribution in [1.82, 2.24) is 0 Å². The number of rotatable bonds is 2. The molecule has 0 saturated heterocycles.